The van der Waals surface area contributed by atoms with Crippen LogP contribution >= 0.6 is 11.6 Å². The van der Waals surface area contributed by atoms with Crippen LogP contribution in [0.3, 0.4) is 0 Å². The molecule has 10 heteroatoms. The first-order valence-corrected chi connectivity index (χ1v) is 9.78. The van der Waals surface area contributed by atoms with Crippen LogP contribution in [0.5, 0.6) is 0 Å². The number of para-hydroxylation sites is 4. The van der Waals surface area contributed by atoms with Crippen LogP contribution in [-0.2, 0) is 0 Å². The van der Waals surface area contributed by atoms with Gasteiger partial charge in [0.05, 0.1) is 22.7 Å². The molecule has 0 aliphatic rings. The lowest BCUT2D eigenvalue weighted by Gasteiger charge is -2.13. The maximum atomic E-state index is 6.18. The second kappa shape index (κ2) is 8.25. The quantitative estimate of drug-likeness (QED) is 0.413. The Morgan fingerprint density at radius 3 is 1.55 bits per heavy atom. The van der Waals surface area contributed by atoms with Gasteiger partial charge in [-0.05, 0) is 48.0 Å². The number of rotatable bonds is 6. The van der Waals surface area contributed by atoms with Gasteiger partial charge in [0, 0.05) is 24.8 Å². The van der Waals surface area contributed by atoms with E-state index in [1.165, 1.54) is 0 Å². The fourth-order valence-electron chi connectivity index (χ4n) is 3.08. The average molecular weight is 430 g/mol. The number of hydrogen-bond acceptors (Lipinski definition) is 7. The molecule has 3 heterocycles. The summed E-state index contributed by atoms with van der Waals surface area (Å²) in [6.45, 7) is 0. The van der Waals surface area contributed by atoms with E-state index in [0.717, 1.165) is 22.7 Å². The fraction of sp³-hybridized carbons (Fsp3) is 0. The molecule has 0 amide bonds. The zero-order chi connectivity index (χ0) is 21.0. The van der Waals surface area contributed by atoms with Gasteiger partial charge < -0.3 is 10.6 Å². The fourth-order valence-corrected chi connectivity index (χ4v) is 3.24. The van der Waals surface area contributed by atoms with Crippen molar-refractivity contribution in [3.8, 4) is 11.4 Å². The SMILES string of the molecule is Clc1nc(Nc2ccccc2-n2cccn2)nc(Nc2ccccc2-n2cccn2)n1. The molecule has 0 aliphatic carbocycles. The van der Waals surface area contributed by atoms with Gasteiger partial charge in [-0.2, -0.15) is 25.1 Å². The summed E-state index contributed by atoms with van der Waals surface area (Å²) in [4.78, 5) is 12.9. The monoisotopic (exact) mass is 429 g/mol. The molecule has 5 aromatic rings. The summed E-state index contributed by atoms with van der Waals surface area (Å²) in [5.74, 6) is 0.609. The van der Waals surface area contributed by atoms with E-state index in [4.69, 9.17) is 11.6 Å². The van der Waals surface area contributed by atoms with Crippen molar-refractivity contribution in [2.75, 3.05) is 10.6 Å². The van der Waals surface area contributed by atoms with E-state index in [1.807, 2.05) is 73.1 Å². The van der Waals surface area contributed by atoms with Crippen LogP contribution < -0.4 is 10.6 Å². The number of aromatic nitrogens is 7. The number of halogens is 1. The van der Waals surface area contributed by atoms with Crippen molar-refractivity contribution in [3.63, 3.8) is 0 Å². The smallest absolute Gasteiger partial charge is 0.233 e. The molecule has 0 saturated heterocycles. The highest BCUT2D eigenvalue weighted by Crippen LogP contribution is 2.25. The number of hydrogen-bond donors (Lipinski definition) is 2. The van der Waals surface area contributed by atoms with Gasteiger partial charge in [-0.1, -0.05) is 24.3 Å². The molecule has 152 valence electrons. The van der Waals surface area contributed by atoms with Crippen LogP contribution in [0.2, 0.25) is 5.28 Å². The van der Waals surface area contributed by atoms with Crippen LogP contribution in [0.15, 0.2) is 85.5 Å². The topological polar surface area (TPSA) is 98.4 Å². The molecular formula is C21H16ClN9. The molecule has 9 nitrogen and oxygen atoms in total. The van der Waals surface area contributed by atoms with Crippen molar-refractivity contribution in [1.29, 1.82) is 0 Å². The minimum atomic E-state index is 0.0631. The summed E-state index contributed by atoms with van der Waals surface area (Å²) in [7, 11) is 0. The molecular weight excluding hydrogens is 414 g/mol. The van der Waals surface area contributed by atoms with E-state index in [0.29, 0.717) is 11.9 Å². The van der Waals surface area contributed by atoms with Crippen molar-refractivity contribution in [2.24, 2.45) is 0 Å². The third-order valence-corrected chi connectivity index (χ3v) is 4.58. The number of nitrogens with one attached hydrogen (secondary N) is 2. The Bertz CT molecular complexity index is 1200. The van der Waals surface area contributed by atoms with Crippen molar-refractivity contribution in [3.05, 3.63) is 90.7 Å². The van der Waals surface area contributed by atoms with Crippen LogP contribution in [0.25, 0.3) is 11.4 Å². The minimum absolute atomic E-state index is 0.0631. The van der Waals surface area contributed by atoms with Crippen LogP contribution in [0, 0.1) is 0 Å². The highest BCUT2D eigenvalue weighted by Gasteiger charge is 2.11. The Morgan fingerprint density at radius 2 is 1.10 bits per heavy atom. The maximum Gasteiger partial charge on any atom is 0.233 e. The molecule has 0 atom stereocenters. The van der Waals surface area contributed by atoms with Crippen molar-refractivity contribution in [1.82, 2.24) is 34.5 Å². The van der Waals surface area contributed by atoms with E-state index in [1.54, 1.807) is 21.8 Å². The zero-order valence-electron chi connectivity index (χ0n) is 16.1. The second-order valence-electron chi connectivity index (χ2n) is 6.44. The molecule has 0 spiro atoms. The lowest BCUT2D eigenvalue weighted by molar-refractivity contribution is 0.880. The molecule has 0 aliphatic heterocycles. The van der Waals surface area contributed by atoms with Crippen molar-refractivity contribution in [2.45, 2.75) is 0 Å². The Balaban J connectivity index is 1.46. The zero-order valence-corrected chi connectivity index (χ0v) is 16.8. The van der Waals surface area contributed by atoms with Gasteiger partial charge in [-0.25, -0.2) is 9.36 Å². The highest BCUT2D eigenvalue weighted by atomic mass is 35.5. The number of nitrogens with zero attached hydrogens (tertiary/aromatic N) is 7. The third-order valence-electron chi connectivity index (χ3n) is 4.41. The molecule has 0 unspecified atom stereocenters. The molecule has 0 fully saturated rings. The maximum absolute atomic E-state index is 6.18. The number of anilines is 4. The summed E-state index contributed by atoms with van der Waals surface area (Å²) in [6.07, 6.45) is 7.16. The van der Waals surface area contributed by atoms with E-state index >= 15 is 0 Å². The number of benzene rings is 2. The molecule has 3 aromatic heterocycles. The minimum Gasteiger partial charge on any atom is -0.322 e. The van der Waals surface area contributed by atoms with Crippen molar-refractivity contribution >= 4 is 34.9 Å². The van der Waals surface area contributed by atoms with Gasteiger partial charge in [-0.15, -0.1) is 0 Å². The molecule has 0 bridgehead atoms. The normalized spacial score (nSPS) is 10.7. The van der Waals surface area contributed by atoms with Gasteiger partial charge in [-0.3, -0.25) is 0 Å². The third kappa shape index (κ3) is 4.07. The summed E-state index contributed by atoms with van der Waals surface area (Å²) in [5, 5.41) is 15.1. The summed E-state index contributed by atoms with van der Waals surface area (Å²) in [5.41, 5.74) is 3.25. The molecule has 2 aromatic carbocycles. The first-order valence-electron chi connectivity index (χ1n) is 9.40. The van der Waals surface area contributed by atoms with E-state index in [-0.39, 0.29) is 5.28 Å². The van der Waals surface area contributed by atoms with Gasteiger partial charge in [0.2, 0.25) is 17.2 Å². The molecule has 2 N–H and O–H groups in total. The van der Waals surface area contributed by atoms with E-state index in [9.17, 15) is 0 Å². The lowest BCUT2D eigenvalue weighted by atomic mass is 10.2. The first-order chi connectivity index (χ1) is 15.3. The largest absolute Gasteiger partial charge is 0.322 e. The lowest BCUT2D eigenvalue weighted by Crippen LogP contribution is -2.07. The standard InChI is InChI=1S/C21H16ClN9/c22-19-27-20(25-15-7-1-3-9-17(15)30-13-5-11-23-30)29-21(28-19)26-16-8-2-4-10-18(16)31-14-6-12-24-31/h1-14H,(H2,25,26,27,28,29). The summed E-state index contributed by atoms with van der Waals surface area (Å²) in [6, 6.07) is 19.1. The summed E-state index contributed by atoms with van der Waals surface area (Å²) >= 11 is 6.18. The average Bonchev–Trinajstić information content (AvgIpc) is 3.49. The molecule has 5 rings (SSSR count). The predicted molar refractivity (Wildman–Crippen MR) is 119 cm³/mol. The highest BCUT2D eigenvalue weighted by molar-refractivity contribution is 6.28. The van der Waals surface area contributed by atoms with Gasteiger partial charge in [0.15, 0.2) is 0 Å². The Morgan fingerprint density at radius 1 is 0.613 bits per heavy atom. The van der Waals surface area contributed by atoms with Gasteiger partial charge >= 0.3 is 0 Å². The Hall–Kier alpha value is -4.24. The van der Waals surface area contributed by atoms with Crippen molar-refractivity contribution < 1.29 is 0 Å². The Kier molecular flexibility index (Phi) is 4.99. The van der Waals surface area contributed by atoms with E-state index < -0.39 is 0 Å². The summed E-state index contributed by atoms with van der Waals surface area (Å²) < 4.78 is 3.51. The van der Waals surface area contributed by atoms with Crippen LogP contribution in [0.4, 0.5) is 23.3 Å². The Labute approximate surface area is 182 Å². The van der Waals surface area contributed by atoms with Crippen LogP contribution in [-0.4, -0.2) is 34.5 Å². The van der Waals surface area contributed by atoms with E-state index in [2.05, 4.69) is 35.8 Å². The van der Waals surface area contributed by atoms with Gasteiger partial charge in [0.1, 0.15) is 0 Å². The molecule has 31 heavy (non-hydrogen) atoms. The van der Waals surface area contributed by atoms with Gasteiger partial charge in [0.25, 0.3) is 0 Å². The predicted octanol–water partition coefficient (Wildman–Crippen LogP) is 4.38. The first kappa shape index (κ1) is 18.8. The molecule has 0 radical (unpaired) electrons. The molecule has 0 saturated carbocycles. The second-order valence-corrected chi connectivity index (χ2v) is 6.78. The van der Waals surface area contributed by atoms with Crippen LogP contribution in [0.1, 0.15) is 0 Å².